The first-order valence-corrected chi connectivity index (χ1v) is 4.52. The zero-order valence-electron chi connectivity index (χ0n) is 7.82. The Morgan fingerprint density at radius 3 is 2.92 bits per heavy atom. The molecule has 0 heterocycles. The molecule has 0 saturated carbocycles. The number of rotatable bonds is 1. The first kappa shape index (κ1) is 10.1. The number of benzene rings is 1. The maximum atomic E-state index is 5.94. The van der Waals surface area contributed by atoms with Gasteiger partial charge in [0.2, 0.25) is 0 Å². The van der Waals surface area contributed by atoms with Crippen LogP contribution >= 0.6 is 11.6 Å². The zero-order valence-corrected chi connectivity index (χ0v) is 8.57. The van der Waals surface area contributed by atoms with Crippen molar-refractivity contribution in [3.63, 3.8) is 0 Å². The van der Waals surface area contributed by atoms with E-state index in [0.717, 1.165) is 16.1 Å². The van der Waals surface area contributed by atoms with Crippen molar-refractivity contribution in [2.24, 2.45) is 0 Å². The van der Waals surface area contributed by atoms with Crippen LogP contribution in [-0.4, -0.2) is 13.6 Å². The molecule has 2 heteroatoms. The zero-order chi connectivity index (χ0) is 9.68. The molecule has 0 atom stereocenters. The molecule has 0 saturated heterocycles. The molecular weight excluding hydrogens is 182 g/mol. The highest BCUT2D eigenvalue weighted by molar-refractivity contribution is 6.31. The normalized spacial score (nSPS) is 9.15. The Morgan fingerprint density at radius 2 is 2.23 bits per heavy atom. The first-order valence-electron chi connectivity index (χ1n) is 4.14. The van der Waals surface area contributed by atoms with E-state index in [4.69, 9.17) is 11.6 Å². The summed E-state index contributed by atoms with van der Waals surface area (Å²) in [7, 11) is 1.87. The SMILES string of the molecule is CNCC#Cc1cccc(Cl)c1C. The van der Waals surface area contributed by atoms with Gasteiger partial charge in [0.25, 0.3) is 0 Å². The largest absolute Gasteiger partial charge is 0.309 e. The Morgan fingerprint density at radius 1 is 1.46 bits per heavy atom. The minimum absolute atomic E-state index is 0.700. The van der Waals surface area contributed by atoms with Crippen molar-refractivity contribution < 1.29 is 0 Å². The van der Waals surface area contributed by atoms with E-state index in [9.17, 15) is 0 Å². The van der Waals surface area contributed by atoms with Crippen molar-refractivity contribution >= 4 is 11.6 Å². The summed E-state index contributed by atoms with van der Waals surface area (Å²) >= 11 is 5.94. The molecule has 0 fully saturated rings. The van der Waals surface area contributed by atoms with Gasteiger partial charge in [-0.25, -0.2) is 0 Å². The lowest BCUT2D eigenvalue weighted by Crippen LogP contribution is -2.04. The van der Waals surface area contributed by atoms with Crippen LogP contribution in [0.15, 0.2) is 18.2 Å². The van der Waals surface area contributed by atoms with E-state index in [1.54, 1.807) is 0 Å². The van der Waals surface area contributed by atoms with Gasteiger partial charge in [-0.15, -0.1) is 0 Å². The average Bonchev–Trinajstić information content (AvgIpc) is 2.13. The highest BCUT2D eigenvalue weighted by Crippen LogP contribution is 2.17. The van der Waals surface area contributed by atoms with Crippen LogP contribution in [0.3, 0.4) is 0 Å². The molecule has 0 amide bonds. The molecule has 0 aromatic heterocycles. The lowest BCUT2D eigenvalue weighted by atomic mass is 10.1. The third-order valence-corrected chi connectivity index (χ3v) is 2.17. The highest BCUT2D eigenvalue weighted by atomic mass is 35.5. The topological polar surface area (TPSA) is 12.0 Å². The van der Waals surface area contributed by atoms with Crippen LogP contribution in [0.1, 0.15) is 11.1 Å². The summed E-state index contributed by atoms with van der Waals surface area (Å²) in [5.41, 5.74) is 2.05. The number of hydrogen-bond acceptors (Lipinski definition) is 1. The van der Waals surface area contributed by atoms with Gasteiger partial charge >= 0.3 is 0 Å². The Hall–Kier alpha value is -0.970. The molecular formula is C11H12ClN. The monoisotopic (exact) mass is 193 g/mol. The maximum Gasteiger partial charge on any atom is 0.0577 e. The Bertz CT molecular complexity index is 347. The third-order valence-electron chi connectivity index (χ3n) is 1.76. The molecule has 13 heavy (non-hydrogen) atoms. The van der Waals surface area contributed by atoms with Gasteiger partial charge < -0.3 is 5.32 Å². The lowest BCUT2D eigenvalue weighted by molar-refractivity contribution is 0.938. The molecule has 0 aliphatic heterocycles. The average molecular weight is 194 g/mol. The minimum Gasteiger partial charge on any atom is -0.309 e. The summed E-state index contributed by atoms with van der Waals surface area (Å²) in [6.45, 7) is 2.68. The molecule has 0 unspecified atom stereocenters. The van der Waals surface area contributed by atoms with Crippen molar-refractivity contribution in [3.8, 4) is 11.8 Å². The second-order valence-corrected chi connectivity index (χ2v) is 3.15. The van der Waals surface area contributed by atoms with E-state index in [1.165, 1.54) is 0 Å². The smallest absolute Gasteiger partial charge is 0.0577 e. The lowest BCUT2D eigenvalue weighted by Gasteiger charge is -1.99. The van der Waals surface area contributed by atoms with E-state index >= 15 is 0 Å². The van der Waals surface area contributed by atoms with Crippen molar-refractivity contribution in [2.45, 2.75) is 6.92 Å². The Kier molecular flexibility index (Phi) is 3.82. The maximum absolute atomic E-state index is 5.94. The molecule has 68 valence electrons. The fourth-order valence-electron chi connectivity index (χ4n) is 0.971. The Balaban J connectivity index is 2.91. The molecule has 1 aromatic rings. The molecule has 0 spiro atoms. The van der Waals surface area contributed by atoms with Gasteiger partial charge in [-0.05, 0) is 31.7 Å². The van der Waals surface area contributed by atoms with Crippen molar-refractivity contribution in [1.29, 1.82) is 0 Å². The van der Waals surface area contributed by atoms with Gasteiger partial charge in [0.15, 0.2) is 0 Å². The van der Waals surface area contributed by atoms with Gasteiger partial charge in [-0.2, -0.15) is 0 Å². The second-order valence-electron chi connectivity index (χ2n) is 2.74. The molecule has 0 aliphatic rings. The van der Waals surface area contributed by atoms with Crippen molar-refractivity contribution in [3.05, 3.63) is 34.3 Å². The van der Waals surface area contributed by atoms with Gasteiger partial charge in [0, 0.05) is 10.6 Å². The summed E-state index contributed by atoms with van der Waals surface area (Å²) < 4.78 is 0. The molecule has 1 nitrogen and oxygen atoms in total. The second kappa shape index (κ2) is 4.91. The van der Waals surface area contributed by atoms with Crippen LogP contribution in [0.5, 0.6) is 0 Å². The summed E-state index contributed by atoms with van der Waals surface area (Å²) in [6, 6.07) is 5.77. The number of halogens is 1. The van der Waals surface area contributed by atoms with Gasteiger partial charge in [0.05, 0.1) is 6.54 Å². The quantitative estimate of drug-likeness (QED) is 0.675. The van der Waals surface area contributed by atoms with Crippen molar-refractivity contribution in [2.75, 3.05) is 13.6 Å². The number of nitrogens with one attached hydrogen (secondary N) is 1. The molecule has 0 aliphatic carbocycles. The van der Waals surface area contributed by atoms with Gasteiger partial charge in [-0.3, -0.25) is 0 Å². The standard InChI is InChI=1S/C11H12ClN/c1-9-10(6-4-8-13-2)5-3-7-11(9)12/h3,5,7,13H,8H2,1-2H3. The van der Waals surface area contributed by atoms with Gasteiger partial charge in [-0.1, -0.05) is 29.5 Å². The molecule has 1 aromatic carbocycles. The van der Waals surface area contributed by atoms with Crippen LogP contribution in [-0.2, 0) is 0 Å². The third kappa shape index (κ3) is 2.77. The fraction of sp³-hybridized carbons (Fsp3) is 0.273. The number of hydrogen-bond donors (Lipinski definition) is 1. The van der Waals surface area contributed by atoms with Crippen molar-refractivity contribution in [1.82, 2.24) is 5.32 Å². The van der Waals surface area contributed by atoms with Gasteiger partial charge in [0.1, 0.15) is 0 Å². The Labute approximate surface area is 84.1 Å². The van der Waals surface area contributed by atoms with E-state index in [0.29, 0.717) is 6.54 Å². The summed E-state index contributed by atoms with van der Waals surface area (Å²) in [4.78, 5) is 0. The van der Waals surface area contributed by atoms with Crippen LogP contribution in [0.4, 0.5) is 0 Å². The fourth-order valence-corrected chi connectivity index (χ4v) is 1.15. The van der Waals surface area contributed by atoms with Crippen LogP contribution in [0.2, 0.25) is 5.02 Å². The molecule has 0 radical (unpaired) electrons. The summed E-state index contributed by atoms with van der Waals surface area (Å²) in [5, 5.41) is 3.74. The van der Waals surface area contributed by atoms with E-state index in [-0.39, 0.29) is 0 Å². The predicted octanol–water partition coefficient (Wildman–Crippen LogP) is 2.22. The first-order chi connectivity index (χ1) is 6.25. The molecule has 1 rings (SSSR count). The van der Waals surface area contributed by atoms with Crippen LogP contribution < -0.4 is 5.32 Å². The van der Waals surface area contributed by atoms with Crippen LogP contribution in [0.25, 0.3) is 0 Å². The highest BCUT2D eigenvalue weighted by Gasteiger charge is 1.97. The summed E-state index contributed by atoms with van der Waals surface area (Å²) in [6.07, 6.45) is 0. The summed E-state index contributed by atoms with van der Waals surface area (Å²) in [5.74, 6) is 6.06. The molecule has 0 bridgehead atoms. The minimum atomic E-state index is 0.700. The molecule has 1 N–H and O–H groups in total. The van der Waals surface area contributed by atoms with E-state index in [2.05, 4.69) is 17.2 Å². The van der Waals surface area contributed by atoms with E-state index < -0.39 is 0 Å². The van der Waals surface area contributed by atoms with Crippen LogP contribution in [0, 0.1) is 18.8 Å². The van der Waals surface area contributed by atoms with E-state index in [1.807, 2.05) is 32.2 Å². The predicted molar refractivity (Wildman–Crippen MR) is 57.0 cm³/mol.